The van der Waals surface area contributed by atoms with Crippen LogP contribution < -0.4 is 0 Å². The number of hydrogen-bond acceptors (Lipinski definition) is 2. The third kappa shape index (κ3) is 1.68. The molecule has 0 fully saturated rings. The van der Waals surface area contributed by atoms with Crippen LogP contribution in [0.2, 0.25) is 0 Å². The molecule has 0 saturated heterocycles. The van der Waals surface area contributed by atoms with Crippen molar-refractivity contribution >= 4 is 11.0 Å². The maximum Gasteiger partial charge on any atom is 0.124 e. The van der Waals surface area contributed by atoms with Crippen molar-refractivity contribution in [1.82, 2.24) is 9.55 Å². The molecule has 0 unspecified atom stereocenters. The Labute approximate surface area is 86.8 Å². The van der Waals surface area contributed by atoms with E-state index in [-0.39, 0.29) is 13.0 Å². The summed E-state index contributed by atoms with van der Waals surface area (Å²) in [5, 5.41) is 8.64. The molecule has 0 aliphatic carbocycles. The first-order valence-electron chi connectivity index (χ1n) is 4.74. The fourth-order valence-corrected chi connectivity index (χ4v) is 1.67. The van der Waals surface area contributed by atoms with E-state index in [4.69, 9.17) is 5.26 Å². The number of aromatic nitrogens is 2. The molecular weight excluding hydrogens is 193 g/mol. The van der Waals surface area contributed by atoms with Crippen LogP contribution in [0.3, 0.4) is 0 Å². The fourth-order valence-electron chi connectivity index (χ4n) is 1.67. The van der Waals surface area contributed by atoms with Crippen LogP contribution in [-0.4, -0.2) is 16.2 Å². The molecule has 0 aliphatic rings. The summed E-state index contributed by atoms with van der Waals surface area (Å²) in [5.41, 5.74) is 1.71. The molecule has 0 spiro atoms. The maximum absolute atomic E-state index is 12.4. The topological polar surface area (TPSA) is 41.6 Å². The van der Waals surface area contributed by atoms with E-state index in [9.17, 15) is 4.39 Å². The summed E-state index contributed by atoms with van der Waals surface area (Å²) in [6.07, 6.45) is 0.217. The van der Waals surface area contributed by atoms with Gasteiger partial charge in [0, 0.05) is 0 Å². The number of benzene rings is 1. The molecular formula is C11H10FN3. The third-order valence-corrected chi connectivity index (χ3v) is 2.28. The van der Waals surface area contributed by atoms with E-state index in [0.717, 1.165) is 11.0 Å². The van der Waals surface area contributed by atoms with Crippen LogP contribution in [0.25, 0.3) is 11.0 Å². The Bertz CT molecular complexity index is 510. The van der Waals surface area contributed by atoms with Crippen LogP contribution in [-0.2, 0) is 13.0 Å². The first kappa shape index (κ1) is 9.66. The standard InChI is InChI=1S/C11H10FN3/c12-6-8-15-10-4-2-1-3-9(10)14-11(15)5-7-13/h1-4H,5-6,8H2. The van der Waals surface area contributed by atoms with Crippen LogP contribution in [0.5, 0.6) is 0 Å². The lowest BCUT2D eigenvalue weighted by Gasteiger charge is -2.03. The number of nitrogens with zero attached hydrogens (tertiary/aromatic N) is 3. The minimum Gasteiger partial charge on any atom is -0.324 e. The smallest absolute Gasteiger partial charge is 0.124 e. The van der Waals surface area contributed by atoms with Crippen molar-refractivity contribution in [2.75, 3.05) is 6.67 Å². The SMILES string of the molecule is N#CCc1nc2ccccc2n1CCF. The van der Waals surface area contributed by atoms with Crippen molar-refractivity contribution in [1.29, 1.82) is 5.26 Å². The highest BCUT2D eigenvalue weighted by Crippen LogP contribution is 2.16. The zero-order valence-electron chi connectivity index (χ0n) is 8.15. The van der Waals surface area contributed by atoms with E-state index in [2.05, 4.69) is 4.98 Å². The summed E-state index contributed by atoms with van der Waals surface area (Å²) >= 11 is 0. The highest BCUT2D eigenvalue weighted by molar-refractivity contribution is 5.75. The van der Waals surface area contributed by atoms with E-state index >= 15 is 0 Å². The minimum atomic E-state index is -0.446. The number of imidazole rings is 1. The van der Waals surface area contributed by atoms with E-state index in [1.807, 2.05) is 30.3 Å². The monoisotopic (exact) mass is 203 g/mol. The van der Waals surface area contributed by atoms with Crippen molar-refractivity contribution in [2.24, 2.45) is 0 Å². The van der Waals surface area contributed by atoms with Crippen LogP contribution in [0.4, 0.5) is 4.39 Å². The second-order valence-corrected chi connectivity index (χ2v) is 3.19. The lowest BCUT2D eigenvalue weighted by atomic mass is 10.3. The summed E-state index contributed by atoms with van der Waals surface area (Å²) < 4.78 is 14.1. The molecule has 0 aliphatic heterocycles. The lowest BCUT2D eigenvalue weighted by molar-refractivity contribution is 0.445. The molecule has 0 amide bonds. The highest BCUT2D eigenvalue weighted by atomic mass is 19.1. The van der Waals surface area contributed by atoms with Gasteiger partial charge >= 0.3 is 0 Å². The van der Waals surface area contributed by atoms with Gasteiger partial charge in [0.15, 0.2) is 0 Å². The van der Waals surface area contributed by atoms with Crippen molar-refractivity contribution in [3.8, 4) is 6.07 Å². The zero-order chi connectivity index (χ0) is 10.7. The first-order chi connectivity index (χ1) is 7.36. The van der Waals surface area contributed by atoms with Gasteiger partial charge in [-0.25, -0.2) is 9.37 Å². The Kier molecular flexibility index (Phi) is 2.64. The van der Waals surface area contributed by atoms with E-state index < -0.39 is 6.67 Å². The second-order valence-electron chi connectivity index (χ2n) is 3.19. The number of rotatable bonds is 3. The van der Waals surface area contributed by atoms with Crippen molar-refractivity contribution in [3.05, 3.63) is 30.1 Å². The Balaban J connectivity index is 2.59. The number of fused-ring (bicyclic) bond motifs is 1. The summed E-state index contributed by atoms with van der Waals surface area (Å²) in [5.74, 6) is 0.636. The van der Waals surface area contributed by atoms with Crippen molar-refractivity contribution < 1.29 is 4.39 Å². The van der Waals surface area contributed by atoms with Gasteiger partial charge in [0.1, 0.15) is 12.5 Å². The molecule has 0 radical (unpaired) electrons. The van der Waals surface area contributed by atoms with Gasteiger partial charge in [-0.3, -0.25) is 0 Å². The number of halogens is 1. The highest BCUT2D eigenvalue weighted by Gasteiger charge is 2.08. The molecule has 0 N–H and O–H groups in total. The summed E-state index contributed by atoms with van der Waals surface area (Å²) in [6.45, 7) is -0.184. The molecule has 0 saturated carbocycles. The largest absolute Gasteiger partial charge is 0.324 e. The summed E-state index contributed by atoms with van der Waals surface area (Å²) in [7, 11) is 0. The Morgan fingerprint density at radius 3 is 2.93 bits per heavy atom. The molecule has 4 heteroatoms. The average molecular weight is 203 g/mol. The zero-order valence-corrected chi connectivity index (χ0v) is 8.15. The third-order valence-electron chi connectivity index (χ3n) is 2.28. The average Bonchev–Trinajstić information content (AvgIpc) is 2.59. The Hall–Kier alpha value is -1.89. The van der Waals surface area contributed by atoms with Gasteiger partial charge in [-0.15, -0.1) is 0 Å². The number of alkyl halides is 1. The Morgan fingerprint density at radius 1 is 1.40 bits per heavy atom. The summed E-state index contributed by atoms with van der Waals surface area (Å²) in [6, 6.07) is 9.56. The van der Waals surface area contributed by atoms with Gasteiger partial charge in [-0.2, -0.15) is 5.26 Å². The van der Waals surface area contributed by atoms with Crippen LogP contribution in [0.15, 0.2) is 24.3 Å². The van der Waals surface area contributed by atoms with Gasteiger partial charge in [-0.05, 0) is 12.1 Å². The van der Waals surface area contributed by atoms with Crippen LogP contribution in [0.1, 0.15) is 5.82 Å². The van der Waals surface area contributed by atoms with Gasteiger partial charge < -0.3 is 4.57 Å². The number of para-hydroxylation sites is 2. The molecule has 1 heterocycles. The predicted molar refractivity (Wildman–Crippen MR) is 55.0 cm³/mol. The van der Waals surface area contributed by atoms with Gasteiger partial charge in [0.05, 0.1) is 30.1 Å². The number of hydrogen-bond donors (Lipinski definition) is 0. The number of nitriles is 1. The molecule has 0 atom stereocenters. The summed E-state index contributed by atoms with van der Waals surface area (Å²) in [4.78, 5) is 4.29. The van der Waals surface area contributed by atoms with E-state index in [0.29, 0.717) is 5.82 Å². The Morgan fingerprint density at radius 2 is 2.20 bits per heavy atom. The fraction of sp³-hybridized carbons (Fsp3) is 0.273. The van der Waals surface area contributed by atoms with Crippen LogP contribution >= 0.6 is 0 Å². The predicted octanol–water partition coefficient (Wildman–Crippen LogP) is 2.07. The first-order valence-corrected chi connectivity index (χ1v) is 4.74. The molecule has 15 heavy (non-hydrogen) atoms. The molecule has 0 bridgehead atoms. The van der Waals surface area contributed by atoms with Gasteiger partial charge in [0.25, 0.3) is 0 Å². The normalized spacial score (nSPS) is 10.4. The molecule has 2 aromatic rings. The minimum absolute atomic E-state index is 0.217. The maximum atomic E-state index is 12.4. The molecule has 76 valence electrons. The molecule has 1 aromatic carbocycles. The van der Waals surface area contributed by atoms with E-state index in [1.54, 1.807) is 4.57 Å². The van der Waals surface area contributed by atoms with Gasteiger partial charge in [-0.1, -0.05) is 12.1 Å². The second kappa shape index (κ2) is 4.09. The van der Waals surface area contributed by atoms with Gasteiger partial charge in [0.2, 0.25) is 0 Å². The number of aryl methyl sites for hydroxylation is 1. The quantitative estimate of drug-likeness (QED) is 0.766. The molecule has 3 nitrogen and oxygen atoms in total. The lowest BCUT2D eigenvalue weighted by Crippen LogP contribution is -2.04. The molecule has 1 aromatic heterocycles. The van der Waals surface area contributed by atoms with Crippen molar-refractivity contribution in [3.63, 3.8) is 0 Å². The van der Waals surface area contributed by atoms with Crippen LogP contribution in [0, 0.1) is 11.3 Å². The molecule has 2 rings (SSSR count). The van der Waals surface area contributed by atoms with E-state index in [1.165, 1.54) is 0 Å². The van der Waals surface area contributed by atoms with Crippen molar-refractivity contribution in [2.45, 2.75) is 13.0 Å².